The van der Waals surface area contributed by atoms with Gasteiger partial charge in [0.15, 0.2) is 11.6 Å². The molecule has 0 radical (unpaired) electrons. The lowest BCUT2D eigenvalue weighted by molar-refractivity contribution is 0.103. The third-order valence-corrected chi connectivity index (χ3v) is 2.66. The Balaban J connectivity index is 2.51. The van der Waals surface area contributed by atoms with Crippen molar-refractivity contribution in [1.82, 2.24) is 0 Å². The molecule has 0 bridgehead atoms. The minimum atomic E-state index is -1.04. The number of rotatable bonds is 2. The highest BCUT2D eigenvalue weighted by molar-refractivity contribution is 6.31. The standard InChI is InChI=1S/C13H6ClF3O/c14-10-3-1-2-9(12(10)17)13(18)8-5-4-7(15)6-11(8)16/h1-6H. The van der Waals surface area contributed by atoms with Crippen LogP contribution in [0, 0.1) is 17.5 Å². The highest BCUT2D eigenvalue weighted by atomic mass is 35.5. The van der Waals surface area contributed by atoms with E-state index in [4.69, 9.17) is 11.6 Å². The van der Waals surface area contributed by atoms with E-state index in [1.54, 1.807) is 0 Å². The molecule has 0 saturated carbocycles. The number of carbonyl (C=O) groups is 1. The Morgan fingerprint density at radius 3 is 2.39 bits per heavy atom. The first kappa shape index (κ1) is 12.6. The quantitative estimate of drug-likeness (QED) is 0.754. The molecule has 5 heteroatoms. The van der Waals surface area contributed by atoms with Crippen molar-refractivity contribution in [2.24, 2.45) is 0 Å². The van der Waals surface area contributed by atoms with Gasteiger partial charge < -0.3 is 0 Å². The maximum absolute atomic E-state index is 13.6. The molecular weight excluding hydrogens is 265 g/mol. The van der Waals surface area contributed by atoms with Gasteiger partial charge in [-0.05, 0) is 24.3 Å². The fourth-order valence-electron chi connectivity index (χ4n) is 1.50. The van der Waals surface area contributed by atoms with Crippen LogP contribution < -0.4 is 0 Å². The fourth-order valence-corrected chi connectivity index (χ4v) is 1.67. The molecule has 2 aromatic rings. The predicted octanol–water partition coefficient (Wildman–Crippen LogP) is 3.99. The number of hydrogen-bond acceptors (Lipinski definition) is 1. The van der Waals surface area contributed by atoms with Crippen LogP contribution in [0.4, 0.5) is 13.2 Å². The van der Waals surface area contributed by atoms with Crippen LogP contribution in [-0.4, -0.2) is 5.78 Å². The van der Waals surface area contributed by atoms with E-state index in [0.29, 0.717) is 6.07 Å². The van der Waals surface area contributed by atoms with Crippen LogP contribution in [0.25, 0.3) is 0 Å². The predicted molar refractivity (Wildman–Crippen MR) is 61.2 cm³/mol. The van der Waals surface area contributed by atoms with Crippen molar-refractivity contribution in [1.29, 1.82) is 0 Å². The van der Waals surface area contributed by atoms with Gasteiger partial charge in [0.25, 0.3) is 0 Å². The van der Waals surface area contributed by atoms with E-state index in [9.17, 15) is 18.0 Å². The van der Waals surface area contributed by atoms with Gasteiger partial charge in [0.05, 0.1) is 16.1 Å². The Morgan fingerprint density at radius 1 is 1.00 bits per heavy atom. The lowest BCUT2D eigenvalue weighted by Crippen LogP contribution is -2.07. The average Bonchev–Trinajstić information content (AvgIpc) is 2.32. The number of carbonyl (C=O) groups excluding carboxylic acids is 1. The van der Waals surface area contributed by atoms with Gasteiger partial charge in [-0.15, -0.1) is 0 Å². The average molecular weight is 271 g/mol. The van der Waals surface area contributed by atoms with Crippen molar-refractivity contribution in [2.75, 3.05) is 0 Å². The molecule has 0 amide bonds. The van der Waals surface area contributed by atoms with E-state index >= 15 is 0 Å². The van der Waals surface area contributed by atoms with Gasteiger partial charge in [-0.2, -0.15) is 0 Å². The van der Waals surface area contributed by atoms with Gasteiger partial charge in [-0.1, -0.05) is 17.7 Å². The third-order valence-electron chi connectivity index (χ3n) is 2.37. The summed E-state index contributed by atoms with van der Waals surface area (Å²) in [5.74, 6) is -3.66. The minimum Gasteiger partial charge on any atom is -0.288 e. The molecule has 0 aliphatic carbocycles. The van der Waals surface area contributed by atoms with Crippen LogP contribution in [0.1, 0.15) is 15.9 Å². The number of ketones is 1. The lowest BCUT2D eigenvalue weighted by atomic mass is 10.0. The zero-order chi connectivity index (χ0) is 13.3. The SMILES string of the molecule is O=C(c1ccc(F)cc1F)c1cccc(Cl)c1F. The maximum Gasteiger partial charge on any atom is 0.198 e. The number of benzene rings is 2. The summed E-state index contributed by atoms with van der Waals surface area (Å²) in [7, 11) is 0. The first-order valence-electron chi connectivity index (χ1n) is 4.94. The van der Waals surface area contributed by atoms with Gasteiger partial charge >= 0.3 is 0 Å². The summed E-state index contributed by atoms with van der Waals surface area (Å²) in [4.78, 5) is 11.9. The van der Waals surface area contributed by atoms with Crippen LogP contribution in [0.15, 0.2) is 36.4 Å². The largest absolute Gasteiger partial charge is 0.288 e. The third kappa shape index (κ3) is 2.24. The Hall–Kier alpha value is -1.81. The van der Waals surface area contributed by atoms with Crippen molar-refractivity contribution >= 4 is 17.4 Å². The van der Waals surface area contributed by atoms with E-state index < -0.39 is 28.8 Å². The number of hydrogen-bond donors (Lipinski definition) is 0. The summed E-state index contributed by atoms with van der Waals surface area (Å²) < 4.78 is 39.7. The van der Waals surface area contributed by atoms with Crippen molar-refractivity contribution in [3.05, 3.63) is 70.0 Å². The molecule has 0 atom stereocenters. The minimum absolute atomic E-state index is 0.233. The lowest BCUT2D eigenvalue weighted by Gasteiger charge is -2.05. The Bertz CT molecular complexity index is 626. The summed E-state index contributed by atoms with van der Waals surface area (Å²) in [5, 5.41) is -0.233. The van der Waals surface area contributed by atoms with Crippen LogP contribution in [0.2, 0.25) is 5.02 Å². The molecule has 0 saturated heterocycles. The normalized spacial score (nSPS) is 10.4. The van der Waals surface area contributed by atoms with Gasteiger partial charge in [0, 0.05) is 6.07 Å². The van der Waals surface area contributed by atoms with E-state index in [2.05, 4.69) is 0 Å². The molecule has 18 heavy (non-hydrogen) atoms. The van der Waals surface area contributed by atoms with Gasteiger partial charge in [-0.3, -0.25) is 4.79 Å². The second-order valence-electron chi connectivity index (χ2n) is 3.55. The molecule has 1 nitrogen and oxygen atoms in total. The highest BCUT2D eigenvalue weighted by Gasteiger charge is 2.19. The van der Waals surface area contributed by atoms with E-state index in [1.165, 1.54) is 18.2 Å². The van der Waals surface area contributed by atoms with Crippen LogP contribution in [0.3, 0.4) is 0 Å². The van der Waals surface area contributed by atoms with Crippen LogP contribution in [0.5, 0.6) is 0 Å². The summed E-state index contributed by atoms with van der Waals surface area (Å²) >= 11 is 5.53. The Morgan fingerprint density at radius 2 is 1.72 bits per heavy atom. The molecule has 0 fully saturated rings. The first-order valence-corrected chi connectivity index (χ1v) is 5.32. The van der Waals surface area contributed by atoms with Gasteiger partial charge in [0.1, 0.15) is 11.6 Å². The Labute approximate surface area is 106 Å². The molecule has 0 aromatic heterocycles. The van der Waals surface area contributed by atoms with E-state index in [-0.39, 0.29) is 10.6 Å². The molecule has 2 rings (SSSR count). The van der Waals surface area contributed by atoms with E-state index in [0.717, 1.165) is 12.1 Å². The second-order valence-corrected chi connectivity index (χ2v) is 3.96. The van der Waals surface area contributed by atoms with Crippen molar-refractivity contribution in [2.45, 2.75) is 0 Å². The fraction of sp³-hybridized carbons (Fsp3) is 0. The van der Waals surface area contributed by atoms with Crippen LogP contribution in [-0.2, 0) is 0 Å². The van der Waals surface area contributed by atoms with E-state index in [1.807, 2.05) is 0 Å². The monoisotopic (exact) mass is 270 g/mol. The molecule has 0 heterocycles. The van der Waals surface area contributed by atoms with Crippen LogP contribution >= 0.6 is 11.6 Å². The molecule has 0 N–H and O–H groups in total. The highest BCUT2D eigenvalue weighted by Crippen LogP contribution is 2.22. The maximum atomic E-state index is 13.6. The second kappa shape index (κ2) is 4.82. The first-order chi connectivity index (χ1) is 8.50. The van der Waals surface area contributed by atoms with Crippen molar-refractivity contribution in [3.63, 3.8) is 0 Å². The van der Waals surface area contributed by atoms with Crippen molar-refractivity contribution in [3.8, 4) is 0 Å². The van der Waals surface area contributed by atoms with Gasteiger partial charge in [0.2, 0.25) is 0 Å². The summed E-state index contributed by atoms with van der Waals surface area (Å²) in [5.41, 5.74) is -0.759. The summed E-state index contributed by atoms with van der Waals surface area (Å²) in [6.07, 6.45) is 0. The smallest absolute Gasteiger partial charge is 0.198 e. The zero-order valence-corrected chi connectivity index (χ0v) is 9.64. The molecule has 0 unspecified atom stereocenters. The van der Waals surface area contributed by atoms with Crippen molar-refractivity contribution < 1.29 is 18.0 Å². The molecule has 0 aliphatic rings. The number of halogens is 4. The molecular formula is C13H6ClF3O. The molecule has 92 valence electrons. The zero-order valence-electron chi connectivity index (χ0n) is 8.88. The molecule has 0 spiro atoms. The topological polar surface area (TPSA) is 17.1 Å². The summed E-state index contributed by atoms with van der Waals surface area (Å²) in [6, 6.07) is 6.29. The summed E-state index contributed by atoms with van der Waals surface area (Å²) in [6.45, 7) is 0. The molecule has 2 aromatic carbocycles. The molecule has 0 aliphatic heterocycles. The Kier molecular flexibility index (Phi) is 3.39. The van der Waals surface area contributed by atoms with Gasteiger partial charge in [-0.25, -0.2) is 13.2 Å².